The highest BCUT2D eigenvalue weighted by molar-refractivity contribution is 5.32. The number of benzene rings is 1. The molecular weight excluding hydrogens is 379 g/mol. The zero-order valence-electron chi connectivity index (χ0n) is 17.5. The fraction of sp³-hybridized carbons (Fsp3) is 0.560. The lowest BCUT2D eigenvalue weighted by atomic mass is 9.68. The van der Waals surface area contributed by atoms with Crippen LogP contribution in [-0.4, -0.2) is 37.0 Å². The molecule has 0 saturated carbocycles. The van der Waals surface area contributed by atoms with Gasteiger partial charge in [-0.15, -0.1) is 0 Å². The maximum absolute atomic E-state index is 13.6. The van der Waals surface area contributed by atoms with Gasteiger partial charge >= 0.3 is 0 Å². The van der Waals surface area contributed by atoms with E-state index in [0.717, 1.165) is 44.5 Å². The summed E-state index contributed by atoms with van der Waals surface area (Å²) in [4.78, 5) is 4.53. The average molecular weight is 411 g/mol. The molecule has 2 aromatic rings. The summed E-state index contributed by atoms with van der Waals surface area (Å²) >= 11 is 0. The first-order chi connectivity index (χ1) is 14.7. The number of hydrogen-bond donors (Lipinski definition) is 1. The largest absolute Gasteiger partial charge is 0.378 e. The molecule has 0 amide bonds. The first kappa shape index (κ1) is 20.1. The summed E-state index contributed by atoms with van der Waals surface area (Å²) in [7, 11) is 0. The molecule has 1 aromatic heterocycles. The van der Waals surface area contributed by atoms with Gasteiger partial charge in [-0.3, -0.25) is 4.98 Å². The van der Waals surface area contributed by atoms with Crippen LogP contribution in [0.25, 0.3) is 0 Å². The van der Waals surface area contributed by atoms with Crippen LogP contribution in [0.5, 0.6) is 0 Å². The number of aryl methyl sites for hydroxylation is 1. The molecule has 5 heteroatoms. The average Bonchev–Trinajstić information content (AvgIpc) is 3.21. The SMILES string of the molecule is Fc1ccc(C2(CCNC3CCCc4ccccc43)CCOC3(CCOC3)C2)nc1. The Morgan fingerprint density at radius 2 is 2.07 bits per heavy atom. The molecule has 1 aliphatic carbocycles. The molecule has 4 nitrogen and oxygen atoms in total. The number of rotatable bonds is 5. The number of nitrogens with one attached hydrogen (secondary N) is 1. The lowest BCUT2D eigenvalue weighted by Crippen LogP contribution is -2.49. The third kappa shape index (κ3) is 3.91. The van der Waals surface area contributed by atoms with Crippen LogP contribution in [0.15, 0.2) is 42.6 Å². The molecule has 1 aromatic carbocycles. The van der Waals surface area contributed by atoms with Crippen molar-refractivity contribution in [3.8, 4) is 0 Å². The van der Waals surface area contributed by atoms with E-state index in [9.17, 15) is 4.39 Å². The number of hydrogen-bond acceptors (Lipinski definition) is 4. The fourth-order valence-corrected chi connectivity index (χ4v) is 5.76. The van der Waals surface area contributed by atoms with E-state index in [0.29, 0.717) is 19.3 Å². The van der Waals surface area contributed by atoms with Crippen molar-refractivity contribution in [3.63, 3.8) is 0 Å². The number of aromatic nitrogens is 1. The Labute approximate surface area is 178 Å². The number of pyridine rings is 1. The predicted molar refractivity (Wildman–Crippen MR) is 114 cm³/mol. The summed E-state index contributed by atoms with van der Waals surface area (Å²) in [6.45, 7) is 3.02. The smallest absolute Gasteiger partial charge is 0.141 e. The molecule has 0 radical (unpaired) electrons. The molecule has 1 spiro atoms. The summed E-state index contributed by atoms with van der Waals surface area (Å²) in [6, 6.07) is 12.6. The van der Waals surface area contributed by atoms with E-state index < -0.39 is 0 Å². The van der Waals surface area contributed by atoms with Crippen molar-refractivity contribution in [3.05, 3.63) is 65.2 Å². The Hall–Kier alpha value is -1.82. The first-order valence-electron chi connectivity index (χ1n) is 11.3. The highest BCUT2D eigenvalue weighted by Crippen LogP contribution is 2.46. The van der Waals surface area contributed by atoms with Crippen molar-refractivity contribution in [1.29, 1.82) is 0 Å². The summed E-state index contributed by atoms with van der Waals surface area (Å²) in [5, 5.41) is 3.84. The van der Waals surface area contributed by atoms with Crippen LogP contribution in [-0.2, 0) is 21.3 Å². The van der Waals surface area contributed by atoms with Crippen LogP contribution in [0.3, 0.4) is 0 Å². The zero-order chi connectivity index (χ0) is 20.4. The number of nitrogens with zero attached hydrogens (tertiary/aromatic N) is 1. The van der Waals surface area contributed by atoms with Gasteiger partial charge in [0.15, 0.2) is 0 Å². The fourth-order valence-electron chi connectivity index (χ4n) is 5.76. The second-order valence-corrected chi connectivity index (χ2v) is 9.25. The maximum atomic E-state index is 13.6. The van der Waals surface area contributed by atoms with Gasteiger partial charge in [-0.05, 0) is 68.3 Å². The molecule has 2 fully saturated rings. The number of ether oxygens (including phenoxy) is 2. The second kappa shape index (κ2) is 8.37. The van der Waals surface area contributed by atoms with Crippen molar-refractivity contribution in [2.75, 3.05) is 26.4 Å². The van der Waals surface area contributed by atoms with E-state index in [1.807, 2.05) is 6.07 Å². The Kier molecular flexibility index (Phi) is 5.61. The minimum absolute atomic E-state index is 0.110. The first-order valence-corrected chi connectivity index (χ1v) is 11.3. The minimum Gasteiger partial charge on any atom is -0.378 e. The van der Waals surface area contributed by atoms with E-state index in [-0.39, 0.29) is 16.8 Å². The third-order valence-corrected chi connectivity index (χ3v) is 7.35. The van der Waals surface area contributed by atoms with Gasteiger partial charge in [-0.25, -0.2) is 4.39 Å². The van der Waals surface area contributed by atoms with Crippen molar-refractivity contribution in [1.82, 2.24) is 10.3 Å². The molecule has 30 heavy (non-hydrogen) atoms. The van der Waals surface area contributed by atoms with Gasteiger partial charge in [0.1, 0.15) is 5.82 Å². The molecule has 3 heterocycles. The van der Waals surface area contributed by atoms with Gasteiger partial charge in [0.05, 0.1) is 18.4 Å². The lowest BCUT2D eigenvalue weighted by Gasteiger charge is -2.46. The van der Waals surface area contributed by atoms with Crippen LogP contribution in [0.1, 0.15) is 61.4 Å². The third-order valence-electron chi connectivity index (χ3n) is 7.35. The molecule has 0 bridgehead atoms. The van der Waals surface area contributed by atoms with E-state index in [2.05, 4.69) is 34.6 Å². The van der Waals surface area contributed by atoms with Crippen LogP contribution < -0.4 is 5.32 Å². The van der Waals surface area contributed by atoms with Gasteiger partial charge in [0.2, 0.25) is 0 Å². The van der Waals surface area contributed by atoms with Crippen LogP contribution in [0, 0.1) is 5.82 Å². The Balaban J connectivity index is 1.35. The van der Waals surface area contributed by atoms with Crippen molar-refractivity contribution in [2.45, 2.75) is 62.0 Å². The molecular formula is C25H31FN2O2. The van der Waals surface area contributed by atoms with Crippen LogP contribution >= 0.6 is 0 Å². The normalized spacial score (nSPS) is 31.0. The second-order valence-electron chi connectivity index (χ2n) is 9.25. The summed E-state index contributed by atoms with van der Waals surface area (Å²) in [5.41, 5.74) is 3.59. The van der Waals surface area contributed by atoms with E-state index >= 15 is 0 Å². The van der Waals surface area contributed by atoms with Crippen LogP contribution in [0.4, 0.5) is 4.39 Å². The summed E-state index contributed by atoms with van der Waals surface area (Å²) in [5.74, 6) is -0.281. The van der Waals surface area contributed by atoms with E-state index in [4.69, 9.17) is 9.47 Å². The van der Waals surface area contributed by atoms with E-state index in [1.54, 1.807) is 6.07 Å². The van der Waals surface area contributed by atoms with Gasteiger partial charge in [0, 0.05) is 36.8 Å². The standard InChI is InChI=1S/C25H31FN2O2/c26-20-8-9-23(28-16-20)24(11-15-30-25(17-24)12-14-29-18-25)10-13-27-22-7-3-5-19-4-1-2-6-21(19)22/h1-2,4,6,8-9,16,22,27H,3,5,7,10-15,17-18H2. The molecule has 5 rings (SSSR count). The zero-order valence-corrected chi connectivity index (χ0v) is 17.5. The van der Waals surface area contributed by atoms with Crippen LogP contribution in [0.2, 0.25) is 0 Å². The molecule has 160 valence electrons. The summed E-state index contributed by atoms with van der Waals surface area (Å²) in [6.07, 6.45) is 8.65. The quantitative estimate of drug-likeness (QED) is 0.789. The molecule has 2 saturated heterocycles. The number of fused-ring (bicyclic) bond motifs is 1. The van der Waals surface area contributed by atoms with Gasteiger partial charge in [-0.2, -0.15) is 0 Å². The van der Waals surface area contributed by atoms with Gasteiger partial charge in [-0.1, -0.05) is 24.3 Å². The predicted octanol–water partition coefficient (Wildman–Crippen LogP) is 4.49. The van der Waals surface area contributed by atoms with Crippen molar-refractivity contribution in [2.24, 2.45) is 0 Å². The van der Waals surface area contributed by atoms with Gasteiger partial charge in [0.25, 0.3) is 0 Å². The van der Waals surface area contributed by atoms with Crippen molar-refractivity contribution < 1.29 is 13.9 Å². The maximum Gasteiger partial charge on any atom is 0.141 e. The molecule has 3 unspecified atom stereocenters. The molecule has 3 aliphatic rings. The van der Waals surface area contributed by atoms with E-state index in [1.165, 1.54) is 36.6 Å². The highest BCUT2D eigenvalue weighted by Gasteiger charge is 2.49. The lowest BCUT2D eigenvalue weighted by molar-refractivity contribution is -0.109. The Bertz CT molecular complexity index is 866. The highest BCUT2D eigenvalue weighted by atomic mass is 19.1. The minimum atomic E-state index is -0.281. The topological polar surface area (TPSA) is 43.4 Å². The molecule has 3 atom stereocenters. The monoisotopic (exact) mass is 410 g/mol. The number of halogens is 1. The summed E-state index contributed by atoms with van der Waals surface area (Å²) < 4.78 is 25.5. The molecule has 2 aliphatic heterocycles. The Morgan fingerprint density at radius 3 is 2.90 bits per heavy atom. The van der Waals surface area contributed by atoms with Gasteiger partial charge < -0.3 is 14.8 Å². The Morgan fingerprint density at radius 1 is 1.13 bits per heavy atom. The van der Waals surface area contributed by atoms with Crippen molar-refractivity contribution >= 4 is 0 Å². The molecule has 1 N–H and O–H groups in total.